The topological polar surface area (TPSA) is 38.7 Å². The van der Waals surface area contributed by atoms with Gasteiger partial charge in [0.15, 0.2) is 0 Å². The number of ether oxygens (including phenoxy) is 1. The van der Waals surface area contributed by atoms with Crippen LogP contribution < -0.4 is 0 Å². The average molecular weight is 247 g/mol. The maximum absolute atomic E-state index is 11.4. The number of benzene rings is 1. The van der Waals surface area contributed by atoms with E-state index in [1.165, 1.54) is 5.56 Å². The van der Waals surface area contributed by atoms with Crippen molar-refractivity contribution in [2.45, 2.75) is 41.0 Å². The summed E-state index contributed by atoms with van der Waals surface area (Å²) in [6.45, 7) is 10.2. The molecule has 0 heterocycles. The fourth-order valence-electron chi connectivity index (χ4n) is 2.00. The third kappa shape index (κ3) is 3.99. The Labute approximate surface area is 109 Å². The zero-order valence-electron chi connectivity index (χ0n) is 11.8. The van der Waals surface area contributed by atoms with Crippen molar-refractivity contribution >= 4 is 17.4 Å². The van der Waals surface area contributed by atoms with Crippen LogP contribution in [0.2, 0.25) is 0 Å². The van der Waals surface area contributed by atoms with Gasteiger partial charge in [0.25, 0.3) is 0 Å². The molecule has 0 atom stereocenters. The van der Waals surface area contributed by atoms with Crippen LogP contribution >= 0.6 is 0 Å². The fourth-order valence-corrected chi connectivity index (χ4v) is 2.00. The molecule has 0 aliphatic heterocycles. The SMILES string of the molecule is CCOC(=O)CC(C)=Nc1c(C)cc(C)cc1C. The Bertz CT molecular complexity index is 452. The normalized spacial score (nSPS) is 11.5. The van der Waals surface area contributed by atoms with Gasteiger partial charge in [-0.15, -0.1) is 0 Å². The van der Waals surface area contributed by atoms with Crippen LogP contribution in [0.3, 0.4) is 0 Å². The minimum atomic E-state index is -0.221. The van der Waals surface area contributed by atoms with Gasteiger partial charge in [-0.05, 0) is 45.7 Å². The summed E-state index contributed by atoms with van der Waals surface area (Å²) in [7, 11) is 0. The van der Waals surface area contributed by atoms with E-state index in [9.17, 15) is 4.79 Å². The van der Waals surface area contributed by atoms with E-state index in [0.717, 1.165) is 22.5 Å². The molecule has 0 amide bonds. The first kappa shape index (κ1) is 14.4. The number of carbonyl (C=O) groups is 1. The Balaban J connectivity index is 2.92. The highest BCUT2D eigenvalue weighted by molar-refractivity contribution is 5.99. The van der Waals surface area contributed by atoms with Gasteiger partial charge in [0.2, 0.25) is 0 Å². The molecule has 0 radical (unpaired) electrons. The second kappa shape index (κ2) is 6.34. The van der Waals surface area contributed by atoms with E-state index >= 15 is 0 Å². The van der Waals surface area contributed by atoms with Gasteiger partial charge < -0.3 is 4.74 Å². The van der Waals surface area contributed by atoms with Gasteiger partial charge in [0, 0.05) is 5.71 Å². The highest BCUT2D eigenvalue weighted by Crippen LogP contribution is 2.25. The molecule has 0 bridgehead atoms. The predicted octanol–water partition coefficient (Wildman–Crippen LogP) is 3.66. The number of esters is 1. The van der Waals surface area contributed by atoms with E-state index in [4.69, 9.17) is 4.74 Å². The minimum Gasteiger partial charge on any atom is -0.466 e. The third-order valence-electron chi connectivity index (χ3n) is 2.64. The number of hydrogen-bond acceptors (Lipinski definition) is 3. The first-order chi connectivity index (χ1) is 8.43. The molecule has 98 valence electrons. The lowest BCUT2D eigenvalue weighted by Gasteiger charge is -2.08. The molecular formula is C15H21NO2. The quantitative estimate of drug-likeness (QED) is 0.601. The molecule has 0 aliphatic carbocycles. The Morgan fingerprint density at radius 3 is 2.28 bits per heavy atom. The van der Waals surface area contributed by atoms with Gasteiger partial charge in [0.1, 0.15) is 0 Å². The number of aliphatic imine (C=N–C) groups is 1. The molecule has 18 heavy (non-hydrogen) atoms. The van der Waals surface area contributed by atoms with Gasteiger partial charge in [-0.25, -0.2) is 0 Å². The van der Waals surface area contributed by atoms with Crippen molar-refractivity contribution in [3.63, 3.8) is 0 Å². The monoisotopic (exact) mass is 247 g/mol. The summed E-state index contributed by atoms with van der Waals surface area (Å²) < 4.78 is 4.91. The maximum Gasteiger partial charge on any atom is 0.311 e. The summed E-state index contributed by atoms with van der Waals surface area (Å²) in [6.07, 6.45) is 0.251. The lowest BCUT2D eigenvalue weighted by atomic mass is 10.1. The predicted molar refractivity (Wildman–Crippen MR) is 74.7 cm³/mol. The lowest BCUT2D eigenvalue weighted by Crippen LogP contribution is -2.08. The number of carbonyl (C=O) groups excluding carboxylic acids is 1. The third-order valence-corrected chi connectivity index (χ3v) is 2.64. The van der Waals surface area contributed by atoms with Crippen LogP contribution in [0.4, 0.5) is 5.69 Å². The van der Waals surface area contributed by atoms with Crippen molar-refractivity contribution in [1.82, 2.24) is 0 Å². The Kier molecular flexibility index (Phi) is 5.08. The summed E-state index contributed by atoms with van der Waals surface area (Å²) in [5.74, 6) is -0.221. The van der Waals surface area contributed by atoms with Crippen molar-refractivity contribution < 1.29 is 9.53 Å². The van der Waals surface area contributed by atoms with Crippen LogP contribution in [0.5, 0.6) is 0 Å². The first-order valence-electron chi connectivity index (χ1n) is 6.21. The van der Waals surface area contributed by atoms with Gasteiger partial charge in [-0.2, -0.15) is 0 Å². The molecule has 0 aliphatic rings. The van der Waals surface area contributed by atoms with Crippen LogP contribution in [0.1, 0.15) is 37.0 Å². The van der Waals surface area contributed by atoms with E-state index in [2.05, 4.69) is 24.0 Å². The molecule has 1 aromatic carbocycles. The molecule has 1 aromatic rings. The first-order valence-corrected chi connectivity index (χ1v) is 6.21. The number of aryl methyl sites for hydroxylation is 3. The zero-order chi connectivity index (χ0) is 13.7. The van der Waals surface area contributed by atoms with Gasteiger partial charge in [-0.1, -0.05) is 17.7 Å². The van der Waals surface area contributed by atoms with Crippen molar-refractivity contribution in [2.24, 2.45) is 4.99 Å². The van der Waals surface area contributed by atoms with Gasteiger partial charge in [-0.3, -0.25) is 9.79 Å². The Morgan fingerprint density at radius 1 is 1.22 bits per heavy atom. The van der Waals surface area contributed by atoms with E-state index in [-0.39, 0.29) is 12.4 Å². The molecule has 0 saturated heterocycles. The molecule has 0 N–H and O–H groups in total. The Hall–Kier alpha value is -1.64. The number of nitrogens with zero attached hydrogens (tertiary/aromatic N) is 1. The van der Waals surface area contributed by atoms with E-state index in [1.807, 2.05) is 20.8 Å². The molecule has 1 rings (SSSR count). The summed E-state index contributed by atoms with van der Waals surface area (Å²) in [5.41, 5.74) is 5.24. The number of hydrogen-bond donors (Lipinski definition) is 0. The molecule has 3 nitrogen and oxygen atoms in total. The average Bonchev–Trinajstić information content (AvgIpc) is 2.23. The maximum atomic E-state index is 11.4. The molecule has 0 spiro atoms. The van der Waals surface area contributed by atoms with E-state index in [1.54, 1.807) is 6.92 Å². The highest BCUT2D eigenvalue weighted by Gasteiger charge is 2.07. The molecule has 0 unspecified atom stereocenters. The van der Waals surface area contributed by atoms with Crippen molar-refractivity contribution in [2.75, 3.05) is 6.61 Å². The highest BCUT2D eigenvalue weighted by atomic mass is 16.5. The Morgan fingerprint density at radius 2 is 1.78 bits per heavy atom. The van der Waals surface area contributed by atoms with Crippen molar-refractivity contribution in [3.8, 4) is 0 Å². The molecular weight excluding hydrogens is 226 g/mol. The van der Waals surface area contributed by atoms with Crippen LogP contribution in [0.15, 0.2) is 17.1 Å². The second-order valence-corrected chi connectivity index (χ2v) is 4.58. The van der Waals surface area contributed by atoms with Crippen LogP contribution in [-0.2, 0) is 9.53 Å². The van der Waals surface area contributed by atoms with E-state index in [0.29, 0.717) is 6.61 Å². The van der Waals surface area contributed by atoms with Crippen LogP contribution in [-0.4, -0.2) is 18.3 Å². The fraction of sp³-hybridized carbons (Fsp3) is 0.467. The van der Waals surface area contributed by atoms with Crippen molar-refractivity contribution in [3.05, 3.63) is 28.8 Å². The van der Waals surface area contributed by atoms with Crippen LogP contribution in [0.25, 0.3) is 0 Å². The largest absolute Gasteiger partial charge is 0.466 e. The molecule has 0 aromatic heterocycles. The summed E-state index contributed by atoms with van der Waals surface area (Å²) in [5, 5.41) is 0. The van der Waals surface area contributed by atoms with Crippen molar-refractivity contribution in [1.29, 1.82) is 0 Å². The van der Waals surface area contributed by atoms with E-state index < -0.39 is 0 Å². The summed E-state index contributed by atoms with van der Waals surface area (Å²) in [6, 6.07) is 4.20. The van der Waals surface area contributed by atoms with Gasteiger partial charge >= 0.3 is 5.97 Å². The minimum absolute atomic E-state index is 0.221. The summed E-state index contributed by atoms with van der Waals surface area (Å²) >= 11 is 0. The molecule has 0 fully saturated rings. The van der Waals surface area contributed by atoms with Gasteiger partial charge in [0.05, 0.1) is 18.7 Å². The molecule has 0 saturated carbocycles. The number of rotatable bonds is 4. The summed E-state index contributed by atoms with van der Waals surface area (Å²) in [4.78, 5) is 15.9. The molecule has 3 heteroatoms. The lowest BCUT2D eigenvalue weighted by molar-refractivity contribution is -0.141. The second-order valence-electron chi connectivity index (χ2n) is 4.58. The standard InChI is InChI=1S/C15H21NO2/c1-6-18-14(17)9-13(5)16-15-11(3)7-10(2)8-12(15)4/h7-8H,6,9H2,1-5H3. The van der Waals surface area contributed by atoms with Crippen LogP contribution in [0, 0.1) is 20.8 Å². The smallest absolute Gasteiger partial charge is 0.311 e. The zero-order valence-corrected chi connectivity index (χ0v) is 11.8.